The normalized spacial score (nSPS) is 10.7. The zero-order valence-corrected chi connectivity index (χ0v) is 10.3. The van der Waals surface area contributed by atoms with Crippen LogP contribution in [0.1, 0.15) is 19.4 Å². The molecule has 2 nitrogen and oxygen atoms in total. The second-order valence-corrected chi connectivity index (χ2v) is 4.42. The summed E-state index contributed by atoms with van der Waals surface area (Å²) in [5, 5.41) is 3.85. The van der Waals surface area contributed by atoms with Crippen molar-refractivity contribution in [1.29, 1.82) is 0 Å². The molecule has 1 rings (SSSR count). The summed E-state index contributed by atoms with van der Waals surface area (Å²) in [6.45, 7) is 5.77. The van der Waals surface area contributed by atoms with Crippen LogP contribution >= 0.6 is 11.6 Å². The highest BCUT2D eigenvalue weighted by Gasteiger charge is 2.04. The maximum Gasteiger partial charge on any atom is 0.123 e. The third kappa shape index (κ3) is 4.10. The molecule has 84 valence electrons. The number of hydrogen-bond donors (Lipinski definition) is 1. The molecule has 0 aliphatic heterocycles. The van der Waals surface area contributed by atoms with Gasteiger partial charge in [0.2, 0.25) is 0 Å². The molecule has 0 saturated carbocycles. The molecule has 0 heterocycles. The number of ether oxygens (including phenoxy) is 1. The molecule has 3 heteroatoms. The van der Waals surface area contributed by atoms with Crippen molar-refractivity contribution in [2.24, 2.45) is 5.92 Å². The quantitative estimate of drug-likeness (QED) is 0.835. The van der Waals surface area contributed by atoms with E-state index in [1.807, 2.05) is 25.2 Å². The van der Waals surface area contributed by atoms with Crippen LogP contribution in [0.2, 0.25) is 5.02 Å². The first kappa shape index (κ1) is 12.3. The van der Waals surface area contributed by atoms with Gasteiger partial charge in [-0.3, -0.25) is 0 Å². The van der Waals surface area contributed by atoms with E-state index in [9.17, 15) is 0 Å². The second-order valence-electron chi connectivity index (χ2n) is 3.99. The van der Waals surface area contributed by atoms with Crippen molar-refractivity contribution >= 4 is 11.6 Å². The number of nitrogens with one attached hydrogen (secondary N) is 1. The van der Waals surface area contributed by atoms with Crippen molar-refractivity contribution < 1.29 is 4.74 Å². The van der Waals surface area contributed by atoms with Crippen LogP contribution in [0.25, 0.3) is 0 Å². The third-order valence-electron chi connectivity index (χ3n) is 1.96. The lowest BCUT2D eigenvalue weighted by Gasteiger charge is -2.13. The van der Waals surface area contributed by atoms with E-state index in [1.165, 1.54) is 0 Å². The lowest BCUT2D eigenvalue weighted by molar-refractivity contribution is 0.268. The molecule has 15 heavy (non-hydrogen) atoms. The van der Waals surface area contributed by atoms with Crippen molar-refractivity contribution in [2.45, 2.75) is 20.4 Å². The highest BCUT2D eigenvalue weighted by Crippen LogP contribution is 2.23. The predicted molar refractivity (Wildman–Crippen MR) is 64.5 cm³/mol. The molecule has 0 aliphatic rings. The van der Waals surface area contributed by atoms with Crippen LogP contribution in [0.4, 0.5) is 0 Å². The van der Waals surface area contributed by atoms with Gasteiger partial charge in [-0.05, 0) is 31.2 Å². The third-order valence-corrected chi connectivity index (χ3v) is 2.20. The first-order valence-electron chi connectivity index (χ1n) is 5.19. The summed E-state index contributed by atoms with van der Waals surface area (Å²) in [5.41, 5.74) is 1.10. The summed E-state index contributed by atoms with van der Waals surface area (Å²) >= 11 is 5.93. The van der Waals surface area contributed by atoms with Crippen molar-refractivity contribution in [3.05, 3.63) is 28.8 Å². The molecule has 0 unspecified atom stereocenters. The van der Waals surface area contributed by atoms with Crippen LogP contribution in [0, 0.1) is 5.92 Å². The number of hydrogen-bond acceptors (Lipinski definition) is 2. The van der Waals surface area contributed by atoms with Crippen LogP contribution in [0.3, 0.4) is 0 Å². The molecule has 0 saturated heterocycles. The van der Waals surface area contributed by atoms with Crippen LogP contribution in [-0.2, 0) is 6.54 Å². The Bertz CT molecular complexity index is 312. The standard InChI is InChI=1S/C12H18ClNO/c1-9(2)8-15-12-5-4-11(13)6-10(12)7-14-3/h4-6,9,14H,7-8H2,1-3H3. The molecule has 0 spiro atoms. The van der Waals surface area contributed by atoms with Gasteiger partial charge in [-0.1, -0.05) is 25.4 Å². The molecule has 0 atom stereocenters. The van der Waals surface area contributed by atoms with E-state index < -0.39 is 0 Å². The highest BCUT2D eigenvalue weighted by molar-refractivity contribution is 6.30. The Labute approximate surface area is 96.6 Å². The summed E-state index contributed by atoms with van der Waals surface area (Å²) in [6.07, 6.45) is 0. The zero-order valence-electron chi connectivity index (χ0n) is 9.51. The number of rotatable bonds is 5. The summed E-state index contributed by atoms with van der Waals surface area (Å²) in [6, 6.07) is 5.72. The molecule has 1 aromatic carbocycles. The van der Waals surface area contributed by atoms with Crippen molar-refractivity contribution in [1.82, 2.24) is 5.32 Å². The average Bonchev–Trinajstić information content (AvgIpc) is 2.17. The summed E-state index contributed by atoms with van der Waals surface area (Å²) in [7, 11) is 1.91. The maximum atomic E-state index is 5.93. The van der Waals surface area contributed by atoms with Crippen molar-refractivity contribution in [3.63, 3.8) is 0 Å². The van der Waals surface area contributed by atoms with Crippen LogP contribution < -0.4 is 10.1 Å². The van der Waals surface area contributed by atoms with Crippen molar-refractivity contribution in [2.75, 3.05) is 13.7 Å². The van der Waals surface area contributed by atoms with Gasteiger partial charge < -0.3 is 10.1 Å². The molecular formula is C12H18ClNO. The van der Waals surface area contributed by atoms with E-state index in [-0.39, 0.29) is 0 Å². The zero-order chi connectivity index (χ0) is 11.3. The second kappa shape index (κ2) is 5.99. The fourth-order valence-electron chi connectivity index (χ4n) is 1.27. The Morgan fingerprint density at radius 1 is 1.40 bits per heavy atom. The highest BCUT2D eigenvalue weighted by atomic mass is 35.5. The van der Waals surface area contributed by atoms with Gasteiger partial charge in [0.05, 0.1) is 6.61 Å². The van der Waals surface area contributed by atoms with Gasteiger partial charge in [0.1, 0.15) is 5.75 Å². The lowest BCUT2D eigenvalue weighted by atomic mass is 10.2. The van der Waals surface area contributed by atoms with Crippen molar-refractivity contribution in [3.8, 4) is 5.75 Å². The van der Waals surface area contributed by atoms with E-state index >= 15 is 0 Å². The minimum Gasteiger partial charge on any atom is -0.493 e. The maximum absolute atomic E-state index is 5.93. The summed E-state index contributed by atoms with van der Waals surface area (Å²) in [5.74, 6) is 1.45. The van der Waals surface area contributed by atoms with Gasteiger partial charge in [0, 0.05) is 17.1 Å². The topological polar surface area (TPSA) is 21.3 Å². The molecular weight excluding hydrogens is 210 g/mol. The molecule has 1 aromatic rings. The SMILES string of the molecule is CNCc1cc(Cl)ccc1OCC(C)C. The van der Waals surface area contributed by atoms with E-state index in [2.05, 4.69) is 19.2 Å². The van der Waals surface area contributed by atoms with E-state index in [1.54, 1.807) is 0 Å². The van der Waals surface area contributed by atoms with Gasteiger partial charge >= 0.3 is 0 Å². The fourth-order valence-corrected chi connectivity index (χ4v) is 1.47. The van der Waals surface area contributed by atoms with E-state index in [0.29, 0.717) is 5.92 Å². The van der Waals surface area contributed by atoms with Crippen LogP contribution in [0.15, 0.2) is 18.2 Å². The molecule has 1 N–H and O–H groups in total. The smallest absolute Gasteiger partial charge is 0.123 e. The van der Waals surface area contributed by atoms with Gasteiger partial charge in [-0.15, -0.1) is 0 Å². The Balaban J connectivity index is 2.76. The Hall–Kier alpha value is -0.730. The molecule has 0 radical (unpaired) electrons. The van der Waals surface area contributed by atoms with Gasteiger partial charge in [0.15, 0.2) is 0 Å². The molecule has 0 aromatic heterocycles. The average molecular weight is 228 g/mol. The number of benzene rings is 1. The summed E-state index contributed by atoms with van der Waals surface area (Å²) < 4.78 is 5.71. The lowest BCUT2D eigenvalue weighted by Crippen LogP contribution is -2.10. The van der Waals surface area contributed by atoms with Crippen LogP contribution in [-0.4, -0.2) is 13.7 Å². The fraction of sp³-hybridized carbons (Fsp3) is 0.500. The Morgan fingerprint density at radius 2 is 2.13 bits per heavy atom. The number of halogens is 1. The van der Waals surface area contributed by atoms with Crippen LogP contribution in [0.5, 0.6) is 5.75 Å². The Kier molecular flexibility index (Phi) is 4.92. The predicted octanol–water partition coefficient (Wildman–Crippen LogP) is 3.09. The molecule has 0 fully saturated rings. The minimum absolute atomic E-state index is 0.531. The van der Waals surface area contributed by atoms with E-state index in [0.717, 1.165) is 29.5 Å². The van der Waals surface area contributed by atoms with Gasteiger partial charge in [-0.2, -0.15) is 0 Å². The molecule has 0 amide bonds. The molecule has 0 bridgehead atoms. The first-order valence-corrected chi connectivity index (χ1v) is 5.57. The largest absolute Gasteiger partial charge is 0.493 e. The molecule has 0 aliphatic carbocycles. The monoisotopic (exact) mass is 227 g/mol. The van der Waals surface area contributed by atoms with Gasteiger partial charge in [-0.25, -0.2) is 0 Å². The van der Waals surface area contributed by atoms with Gasteiger partial charge in [0.25, 0.3) is 0 Å². The summed E-state index contributed by atoms with van der Waals surface area (Å²) in [4.78, 5) is 0. The first-order chi connectivity index (χ1) is 7.13. The van der Waals surface area contributed by atoms with E-state index in [4.69, 9.17) is 16.3 Å². The Morgan fingerprint density at radius 3 is 2.73 bits per heavy atom. The minimum atomic E-state index is 0.531.